The second kappa shape index (κ2) is 6.58. The maximum absolute atomic E-state index is 6.00. The Morgan fingerprint density at radius 3 is 2.95 bits per heavy atom. The van der Waals surface area contributed by atoms with Crippen molar-refractivity contribution in [2.24, 2.45) is 11.7 Å². The largest absolute Gasteiger partial charge is 0.339 e. The molecule has 0 amide bonds. The molecule has 1 fully saturated rings. The molecule has 21 heavy (non-hydrogen) atoms. The minimum absolute atomic E-state index is 0.323. The van der Waals surface area contributed by atoms with E-state index in [-0.39, 0.29) is 0 Å². The minimum atomic E-state index is 0.323. The third kappa shape index (κ3) is 3.44. The average molecular weight is 306 g/mol. The highest BCUT2D eigenvalue weighted by atomic mass is 35.5. The predicted molar refractivity (Wildman–Crippen MR) is 82.3 cm³/mol. The van der Waals surface area contributed by atoms with Crippen LogP contribution < -0.4 is 5.73 Å². The number of hydrogen-bond acceptors (Lipinski definition) is 4. The molecule has 0 aliphatic heterocycles. The van der Waals surface area contributed by atoms with Crippen molar-refractivity contribution in [3.63, 3.8) is 0 Å². The van der Waals surface area contributed by atoms with E-state index >= 15 is 0 Å². The fraction of sp³-hybridized carbons (Fsp3) is 0.500. The summed E-state index contributed by atoms with van der Waals surface area (Å²) in [6.07, 6.45) is 5.37. The van der Waals surface area contributed by atoms with Gasteiger partial charge in [0.2, 0.25) is 5.89 Å². The Bertz CT molecular complexity index is 599. The van der Waals surface area contributed by atoms with Gasteiger partial charge in [0.05, 0.1) is 0 Å². The third-order valence-electron chi connectivity index (χ3n) is 4.26. The molecule has 1 aromatic carbocycles. The van der Waals surface area contributed by atoms with Crippen LogP contribution in [0.5, 0.6) is 0 Å². The van der Waals surface area contributed by atoms with Crippen LogP contribution in [-0.2, 0) is 6.42 Å². The Morgan fingerprint density at radius 2 is 2.14 bits per heavy atom. The van der Waals surface area contributed by atoms with Gasteiger partial charge in [-0.05, 0) is 43.0 Å². The highest BCUT2D eigenvalue weighted by molar-refractivity contribution is 6.30. The molecular formula is C16H20ClN3O. The van der Waals surface area contributed by atoms with Gasteiger partial charge in [-0.25, -0.2) is 0 Å². The molecule has 0 bridgehead atoms. The summed E-state index contributed by atoms with van der Waals surface area (Å²) in [6, 6.07) is 7.75. The number of aromatic nitrogens is 2. The van der Waals surface area contributed by atoms with E-state index in [1.54, 1.807) is 0 Å². The Balaban J connectivity index is 1.73. The van der Waals surface area contributed by atoms with Gasteiger partial charge in [0, 0.05) is 17.4 Å². The van der Waals surface area contributed by atoms with Crippen molar-refractivity contribution >= 4 is 11.6 Å². The molecule has 2 unspecified atom stereocenters. The van der Waals surface area contributed by atoms with Crippen molar-refractivity contribution in [2.75, 3.05) is 6.54 Å². The van der Waals surface area contributed by atoms with Gasteiger partial charge in [0.15, 0.2) is 5.82 Å². The zero-order valence-electron chi connectivity index (χ0n) is 12.0. The topological polar surface area (TPSA) is 64.9 Å². The van der Waals surface area contributed by atoms with Gasteiger partial charge >= 0.3 is 0 Å². The molecule has 1 aromatic heterocycles. The molecular weight excluding hydrogens is 286 g/mol. The van der Waals surface area contributed by atoms with Crippen molar-refractivity contribution in [3.8, 4) is 0 Å². The van der Waals surface area contributed by atoms with Crippen LogP contribution in [0.1, 0.15) is 48.9 Å². The first-order valence-electron chi connectivity index (χ1n) is 7.53. The number of rotatable bonds is 4. The van der Waals surface area contributed by atoms with Crippen molar-refractivity contribution < 1.29 is 4.52 Å². The summed E-state index contributed by atoms with van der Waals surface area (Å²) in [5.74, 6) is 2.26. The summed E-state index contributed by atoms with van der Waals surface area (Å²) < 4.78 is 5.49. The van der Waals surface area contributed by atoms with Crippen molar-refractivity contribution in [1.82, 2.24) is 10.1 Å². The van der Waals surface area contributed by atoms with Crippen molar-refractivity contribution in [2.45, 2.75) is 38.0 Å². The van der Waals surface area contributed by atoms with Gasteiger partial charge in [0.1, 0.15) is 0 Å². The highest BCUT2D eigenvalue weighted by Crippen LogP contribution is 2.36. The van der Waals surface area contributed by atoms with Crippen LogP contribution in [0.3, 0.4) is 0 Å². The number of halogens is 1. The highest BCUT2D eigenvalue weighted by Gasteiger charge is 2.29. The molecule has 1 heterocycles. The number of nitrogens with zero attached hydrogens (tertiary/aromatic N) is 2. The van der Waals surface area contributed by atoms with Crippen LogP contribution in [0.2, 0.25) is 5.02 Å². The Hall–Kier alpha value is -1.39. The molecule has 0 spiro atoms. The first kappa shape index (κ1) is 14.5. The van der Waals surface area contributed by atoms with E-state index < -0.39 is 0 Å². The van der Waals surface area contributed by atoms with E-state index in [4.69, 9.17) is 21.9 Å². The monoisotopic (exact) mass is 305 g/mol. The van der Waals surface area contributed by atoms with E-state index in [9.17, 15) is 0 Å². The van der Waals surface area contributed by atoms with Crippen molar-refractivity contribution in [1.29, 1.82) is 0 Å². The number of nitrogens with two attached hydrogens (primary N) is 1. The smallest absolute Gasteiger partial charge is 0.230 e. The second-order valence-corrected chi connectivity index (χ2v) is 6.18. The normalized spacial score (nSPS) is 22.4. The lowest BCUT2D eigenvalue weighted by Crippen LogP contribution is -2.25. The van der Waals surface area contributed by atoms with E-state index in [0.29, 0.717) is 30.6 Å². The average Bonchev–Trinajstić information content (AvgIpc) is 2.95. The Labute approximate surface area is 129 Å². The molecule has 2 N–H and O–H groups in total. The quantitative estimate of drug-likeness (QED) is 0.938. The fourth-order valence-electron chi connectivity index (χ4n) is 3.13. The maximum atomic E-state index is 6.00. The summed E-state index contributed by atoms with van der Waals surface area (Å²) in [7, 11) is 0. The van der Waals surface area contributed by atoms with Gasteiger partial charge in [-0.1, -0.05) is 41.7 Å². The number of hydrogen-bond donors (Lipinski definition) is 1. The van der Waals surface area contributed by atoms with Crippen LogP contribution in [0.15, 0.2) is 28.8 Å². The summed E-state index contributed by atoms with van der Waals surface area (Å²) >= 11 is 6.00. The zero-order chi connectivity index (χ0) is 14.7. The third-order valence-corrected chi connectivity index (χ3v) is 4.50. The zero-order valence-corrected chi connectivity index (χ0v) is 12.7. The molecule has 1 saturated carbocycles. The first-order chi connectivity index (χ1) is 10.3. The van der Waals surface area contributed by atoms with Crippen LogP contribution >= 0.6 is 11.6 Å². The summed E-state index contributed by atoms with van der Waals surface area (Å²) in [5.41, 5.74) is 6.97. The van der Waals surface area contributed by atoms with E-state index in [2.05, 4.69) is 10.1 Å². The Kier molecular flexibility index (Phi) is 4.56. The van der Waals surface area contributed by atoms with Gasteiger partial charge in [0.25, 0.3) is 0 Å². The van der Waals surface area contributed by atoms with Gasteiger partial charge in [-0.3, -0.25) is 0 Å². The maximum Gasteiger partial charge on any atom is 0.230 e. The van der Waals surface area contributed by atoms with E-state index in [1.807, 2.05) is 24.3 Å². The molecule has 0 radical (unpaired) electrons. The minimum Gasteiger partial charge on any atom is -0.339 e. The van der Waals surface area contributed by atoms with Crippen LogP contribution in [0, 0.1) is 5.92 Å². The standard InChI is InChI=1S/C16H20ClN3O/c17-13-6-3-4-11(8-13)9-15-19-16(21-20-15)14-7-2-1-5-12(14)10-18/h3-4,6,8,12,14H,1-2,5,7,9-10,18H2. The predicted octanol–water partition coefficient (Wildman–Crippen LogP) is 3.55. The molecule has 4 nitrogen and oxygen atoms in total. The van der Waals surface area contributed by atoms with Crippen molar-refractivity contribution in [3.05, 3.63) is 46.6 Å². The number of benzene rings is 1. The van der Waals surface area contributed by atoms with Crippen LogP contribution in [0.25, 0.3) is 0 Å². The van der Waals surface area contributed by atoms with Gasteiger partial charge in [-0.2, -0.15) is 4.98 Å². The van der Waals surface area contributed by atoms with Crippen LogP contribution in [0.4, 0.5) is 0 Å². The van der Waals surface area contributed by atoms with Gasteiger partial charge < -0.3 is 10.3 Å². The SMILES string of the molecule is NCC1CCCCC1c1nc(Cc2cccc(Cl)c2)no1. The molecule has 5 heteroatoms. The molecule has 1 aliphatic rings. The lowest BCUT2D eigenvalue weighted by molar-refractivity contribution is 0.249. The van der Waals surface area contributed by atoms with E-state index in [0.717, 1.165) is 29.3 Å². The lowest BCUT2D eigenvalue weighted by atomic mass is 9.79. The Morgan fingerprint density at radius 1 is 1.29 bits per heavy atom. The second-order valence-electron chi connectivity index (χ2n) is 5.74. The summed E-state index contributed by atoms with van der Waals surface area (Å²) in [5, 5.41) is 4.84. The summed E-state index contributed by atoms with van der Waals surface area (Å²) in [6.45, 7) is 0.691. The fourth-order valence-corrected chi connectivity index (χ4v) is 3.35. The molecule has 3 rings (SSSR count). The molecule has 2 aromatic rings. The van der Waals surface area contributed by atoms with Gasteiger partial charge in [-0.15, -0.1) is 0 Å². The first-order valence-corrected chi connectivity index (χ1v) is 7.91. The molecule has 0 saturated heterocycles. The molecule has 2 atom stereocenters. The molecule has 1 aliphatic carbocycles. The summed E-state index contributed by atoms with van der Waals surface area (Å²) in [4.78, 5) is 4.58. The lowest BCUT2D eigenvalue weighted by Gasteiger charge is -2.27. The van der Waals surface area contributed by atoms with E-state index in [1.165, 1.54) is 12.8 Å². The molecule has 112 valence electrons. The van der Waals surface area contributed by atoms with Crippen LogP contribution in [-0.4, -0.2) is 16.7 Å².